The Morgan fingerprint density at radius 3 is 2.46 bits per heavy atom. The molecule has 4 nitrogen and oxygen atoms in total. The van der Waals surface area contributed by atoms with E-state index in [1.807, 2.05) is 19.1 Å². The first-order valence-corrected chi connectivity index (χ1v) is 9.38. The molecule has 2 aromatic carbocycles. The van der Waals surface area contributed by atoms with Crippen molar-refractivity contribution in [3.63, 3.8) is 0 Å². The lowest BCUT2D eigenvalue weighted by molar-refractivity contribution is -0.0296. The third-order valence-electron chi connectivity index (χ3n) is 4.16. The third-order valence-corrected chi connectivity index (χ3v) is 6.00. The summed E-state index contributed by atoms with van der Waals surface area (Å²) in [6.45, 7) is 2.96. The molecule has 1 fully saturated rings. The Balaban J connectivity index is 1.55. The van der Waals surface area contributed by atoms with E-state index in [2.05, 4.69) is 0 Å². The van der Waals surface area contributed by atoms with E-state index in [0.29, 0.717) is 18.0 Å². The Morgan fingerprint density at radius 1 is 1.12 bits per heavy atom. The van der Waals surface area contributed by atoms with E-state index in [4.69, 9.17) is 4.74 Å². The molecule has 0 N–H and O–H groups in total. The first-order valence-electron chi connectivity index (χ1n) is 7.94. The molecule has 24 heavy (non-hydrogen) atoms. The van der Waals surface area contributed by atoms with E-state index in [1.165, 1.54) is 16.4 Å². The lowest BCUT2D eigenvalue weighted by Crippen LogP contribution is -2.54. The smallest absolute Gasteiger partial charge is 0.243 e. The fourth-order valence-corrected chi connectivity index (χ4v) is 4.09. The summed E-state index contributed by atoms with van der Waals surface area (Å²) in [5, 5.41) is 0. The molecule has 1 aliphatic rings. The Morgan fingerprint density at radius 2 is 1.83 bits per heavy atom. The van der Waals surface area contributed by atoms with Crippen molar-refractivity contribution in [1.82, 2.24) is 4.31 Å². The van der Waals surface area contributed by atoms with Crippen LogP contribution in [0.1, 0.15) is 18.1 Å². The van der Waals surface area contributed by atoms with Crippen LogP contribution in [0.5, 0.6) is 0 Å². The van der Waals surface area contributed by atoms with Crippen molar-refractivity contribution in [3.8, 4) is 0 Å². The van der Waals surface area contributed by atoms with Gasteiger partial charge in [-0.1, -0.05) is 31.2 Å². The van der Waals surface area contributed by atoms with Crippen LogP contribution in [-0.4, -0.2) is 31.9 Å². The lowest BCUT2D eigenvalue weighted by atomic mass is 10.2. The summed E-state index contributed by atoms with van der Waals surface area (Å²) in [6.07, 6.45) is 0.720. The maximum atomic E-state index is 13.1. The highest BCUT2D eigenvalue weighted by molar-refractivity contribution is 7.89. The zero-order valence-corrected chi connectivity index (χ0v) is 14.3. The Bertz CT molecular complexity index is 799. The Labute approximate surface area is 141 Å². The molecule has 0 unspecified atom stereocenters. The average Bonchev–Trinajstić information content (AvgIpc) is 2.53. The topological polar surface area (TPSA) is 46.6 Å². The van der Waals surface area contributed by atoms with Gasteiger partial charge in [-0.05, 0) is 41.8 Å². The van der Waals surface area contributed by atoms with Gasteiger partial charge in [0.25, 0.3) is 0 Å². The molecule has 0 aromatic heterocycles. The van der Waals surface area contributed by atoms with Crippen LogP contribution in [0.2, 0.25) is 0 Å². The van der Waals surface area contributed by atoms with Gasteiger partial charge in [-0.25, -0.2) is 12.8 Å². The van der Waals surface area contributed by atoms with Gasteiger partial charge < -0.3 is 4.74 Å². The summed E-state index contributed by atoms with van der Waals surface area (Å²) in [4.78, 5) is 0.309. The fourth-order valence-electron chi connectivity index (χ4n) is 2.59. The number of ether oxygens (including phenoxy) is 1. The van der Waals surface area contributed by atoms with E-state index in [-0.39, 0.29) is 18.5 Å². The van der Waals surface area contributed by atoms with Gasteiger partial charge in [0.1, 0.15) is 5.82 Å². The second kappa shape index (κ2) is 7.01. The van der Waals surface area contributed by atoms with Gasteiger partial charge in [-0.3, -0.25) is 0 Å². The summed E-state index contributed by atoms with van der Waals surface area (Å²) < 4.78 is 45.2. The summed E-state index contributed by atoms with van der Waals surface area (Å²) in [7, 11) is -3.46. The molecule has 0 amide bonds. The number of aryl methyl sites for hydroxylation is 1. The summed E-state index contributed by atoms with van der Waals surface area (Å²) >= 11 is 0. The van der Waals surface area contributed by atoms with E-state index < -0.39 is 10.0 Å². The van der Waals surface area contributed by atoms with Gasteiger partial charge in [0.2, 0.25) is 10.0 Å². The standard InChI is InChI=1S/C18H20FNO3S/c1-2-14-6-8-18(9-7-14)24(21,22)20-11-17(12-20)23-13-15-4-3-5-16(19)10-15/h3-10,17H,2,11-13H2,1H3. The highest BCUT2D eigenvalue weighted by Gasteiger charge is 2.37. The van der Waals surface area contributed by atoms with Crippen LogP contribution in [0.4, 0.5) is 4.39 Å². The number of sulfonamides is 1. The molecule has 3 rings (SSSR count). The van der Waals surface area contributed by atoms with E-state index in [9.17, 15) is 12.8 Å². The SMILES string of the molecule is CCc1ccc(S(=O)(=O)N2CC(OCc3cccc(F)c3)C2)cc1. The van der Waals surface area contributed by atoms with E-state index in [0.717, 1.165) is 17.5 Å². The van der Waals surface area contributed by atoms with Crippen molar-refractivity contribution in [1.29, 1.82) is 0 Å². The molecule has 0 aliphatic carbocycles. The van der Waals surface area contributed by atoms with Crippen LogP contribution in [0.15, 0.2) is 53.4 Å². The number of benzene rings is 2. The van der Waals surface area contributed by atoms with Crippen LogP contribution in [-0.2, 0) is 27.8 Å². The normalized spacial score (nSPS) is 16.1. The lowest BCUT2D eigenvalue weighted by Gasteiger charge is -2.37. The van der Waals surface area contributed by atoms with E-state index in [1.54, 1.807) is 24.3 Å². The van der Waals surface area contributed by atoms with Crippen LogP contribution >= 0.6 is 0 Å². The maximum Gasteiger partial charge on any atom is 0.243 e. The zero-order chi connectivity index (χ0) is 17.2. The number of hydrogen-bond donors (Lipinski definition) is 0. The van der Waals surface area contributed by atoms with Crippen LogP contribution in [0, 0.1) is 5.82 Å². The summed E-state index contributed by atoms with van der Waals surface area (Å²) in [5.74, 6) is -0.301. The largest absolute Gasteiger partial charge is 0.371 e. The molecule has 0 radical (unpaired) electrons. The minimum atomic E-state index is -3.46. The maximum absolute atomic E-state index is 13.1. The van der Waals surface area contributed by atoms with Crippen molar-refractivity contribution in [2.24, 2.45) is 0 Å². The second-order valence-corrected chi connectivity index (χ2v) is 7.82. The molecular formula is C18H20FNO3S. The highest BCUT2D eigenvalue weighted by Crippen LogP contribution is 2.24. The van der Waals surface area contributed by atoms with Gasteiger partial charge in [0.15, 0.2) is 0 Å². The number of rotatable bonds is 6. The Kier molecular flexibility index (Phi) is 4.99. The molecule has 128 valence electrons. The number of halogens is 1. The number of nitrogens with zero attached hydrogens (tertiary/aromatic N) is 1. The molecule has 0 saturated carbocycles. The number of hydrogen-bond acceptors (Lipinski definition) is 3. The van der Waals surface area contributed by atoms with Gasteiger partial charge in [0.05, 0.1) is 17.6 Å². The monoisotopic (exact) mass is 349 g/mol. The highest BCUT2D eigenvalue weighted by atomic mass is 32.2. The quantitative estimate of drug-likeness (QED) is 0.805. The molecule has 2 aromatic rings. The molecule has 0 atom stereocenters. The third kappa shape index (κ3) is 3.66. The fraction of sp³-hybridized carbons (Fsp3) is 0.333. The van der Waals surface area contributed by atoms with Crippen LogP contribution < -0.4 is 0 Å². The van der Waals surface area contributed by atoms with Crippen molar-refractivity contribution < 1.29 is 17.5 Å². The first kappa shape index (κ1) is 17.1. The molecular weight excluding hydrogens is 329 g/mol. The van der Waals surface area contributed by atoms with Crippen LogP contribution in [0.3, 0.4) is 0 Å². The summed E-state index contributed by atoms with van der Waals surface area (Å²) in [6, 6.07) is 13.2. The predicted octanol–water partition coefficient (Wildman–Crippen LogP) is 2.98. The van der Waals surface area contributed by atoms with Gasteiger partial charge in [-0.15, -0.1) is 0 Å². The molecule has 6 heteroatoms. The molecule has 0 bridgehead atoms. The first-order chi connectivity index (χ1) is 11.5. The van der Waals surface area contributed by atoms with Crippen LogP contribution in [0.25, 0.3) is 0 Å². The average molecular weight is 349 g/mol. The van der Waals surface area contributed by atoms with Gasteiger partial charge >= 0.3 is 0 Å². The van der Waals surface area contributed by atoms with E-state index >= 15 is 0 Å². The van der Waals surface area contributed by atoms with Crippen molar-refractivity contribution >= 4 is 10.0 Å². The minimum Gasteiger partial charge on any atom is -0.371 e. The minimum absolute atomic E-state index is 0.155. The van der Waals surface area contributed by atoms with Crippen molar-refractivity contribution in [2.75, 3.05) is 13.1 Å². The second-order valence-electron chi connectivity index (χ2n) is 5.88. The zero-order valence-electron chi connectivity index (χ0n) is 13.5. The molecule has 1 saturated heterocycles. The van der Waals surface area contributed by atoms with Crippen molar-refractivity contribution in [2.45, 2.75) is 31.0 Å². The predicted molar refractivity (Wildman–Crippen MR) is 89.6 cm³/mol. The molecule has 1 heterocycles. The molecule has 1 aliphatic heterocycles. The van der Waals surface area contributed by atoms with Gasteiger partial charge in [0, 0.05) is 13.1 Å². The van der Waals surface area contributed by atoms with Gasteiger partial charge in [-0.2, -0.15) is 4.31 Å². The van der Waals surface area contributed by atoms with Crippen molar-refractivity contribution in [3.05, 3.63) is 65.5 Å². The molecule has 0 spiro atoms. The Hall–Kier alpha value is -1.76. The summed E-state index contributed by atoms with van der Waals surface area (Å²) in [5.41, 5.74) is 1.85.